The van der Waals surface area contributed by atoms with E-state index in [9.17, 15) is 0 Å². The third-order valence-electron chi connectivity index (χ3n) is 8.30. The van der Waals surface area contributed by atoms with E-state index in [4.69, 9.17) is 4.98 Å². The molecule has 3 aromatic carbocycles. The van der Waals surface area contributed by atoms with E-state index in [-0.39, 0.29) is 0 Å². The third kappa shape index (κ3) is 5.99. The Hall–Kier alpha value is -3.92. The van der Waals surface area contributed by atoms with Gasteiger partial charge in [-0.05, 0) is 94.1 Å². The molecule has 4 heterocycles. The molecule has 0 aliphatic carbocycles. The Morgan fingerprint density at radius 2 is 1.38 bits per heavy atom. The predicted molar refractivity (Wildman–Crippen MR) is 176 cm³/mol. The summed E-state index contributed by atoms with van der Waals surface area (Å²) in [6.07, 6.45) is 6.73. The zero-order valence-electron chi connectivity index (χ0n) is 26.0. The first-order chi connectivity index (χ1) is 20.6. The Kier molecular flexibility index (Phi) is 9.41. The Morgan fingerprint density at radius 1 is 0.738 bits per heavy atom. The molecule has 0 saturated carbocycles. The molecule has 0 amide bonds. The molecule has 2 aromatic heterocycles. The van der Waals surface area contributed by atoms with Crippen molar-refractivity contribution in [3.05, 3.63) is 83.6 Å². The summed E-state index contributed by atoms with van der Waals surface area (Å²) in [4.78, 5) is 21.5. The van der Waals surface area contributed by atoms with Gasteiger partial charge in [0.2, 0.25) is 0 Å². The van der Waals surface area contributed by atoms with Crippen molar-refractivity contribution >= 4 is 21.8 Å². The van der Waals surface area contributed by atoms with Gasteiger partial charge < -0.3 is 9.97 Å². The molecule has 2 fully saturated rings. The summed E-state index contributed by atoms with van der Waals surface area (Å²) >= 11 is 0. The first-order valence-electron chi connectivity index (χ1n) is 15.6. The summed E-state index contributed by atoms with van der Waals surface area (Å²) in [7, 11) is 4.36. The van der Waals surface area contributed by atoms with E-state index < -0.39 is 0 Å². The van der Waals surface area contributed by atoms with Crippen molar-refractivity contribution in [1.29, 1.82) is 0 Å². The van der Waals surface area contributed by atoms with Crippen LogP contribution in [0, 0.1) is 11.8 Å². The molecular weight excluding hydrogens is 516 g/mol. The Morgan fingerprint density at radius 3 is 2.05 bits per heavy atom. The Labute approximate surface area is 250 Å². The van der Waals surface area contributed by atoms with E-state index in [2.05, 4.69) is 105 Å². The van der Waals surface area contributed by atoms with Crippen molar-refractivity contribution < 1.29 is 0 Å². The van der Waals surface area contributed by atoms with Gasteiger partial charge in [-0.3, -0.25) is 9.80 Å². The lowest BCUT2D eigenvalue weighted by Crippen LogP contribution is -2.18. The van der Waals surface area contributed by atoms with Gasteiger partial charge in [-0.25, -0.2) is 9.97 Å². The van der Waals surface area contributed by atoms with Crippen LogP contribution in [0.4, 0.5) is 0 Å². The Balaban J connectivity index is 0.000000847. The number of fused-ring (bicyclic) bond motifs is 3. The molecule has 42 heavy (non-hydrogen) atoms. The molecule has 7 rings (SSSR count). The van der Waals surface area contributed by atoms with E-state index >= 15 is 0 Å². The van der Waals surface area contributed by atoms with Crippen LogP contribution in [0.15, 0.2) is 60.8 Å². The van der Waals surface area contributed by atoms with Crippen LogP contribution < -0.4 is 0 Å². The molecule has 2 saturated heterocycles. The summed E-state index contributed by atoms with van der Waals surface area (Å²) in [5, 5.41) is 2.34. The smallest absolute Gasteiger partial charge is 0.124 e. The molecule has 218 valence electrons. The number of rotatable bonds is 3. The number of hydrogen-bond acceptors (Lipinski definition) is 4. The summed E-state index contributed by atoms with van der Waals surface area (Å²) < 4.78 is 0. The van der Waals surface area contributed by atoms with Gasteiger partial charge in [-0.2, -0.15) is 0 Å². The standard InChI is InChI=1S/C32H32N6.2C2H6/c1-37-17-3-5-28(37)31-33-20-27(35-31)23-12-9-21(10-13-23)7-8-22-11-15-25-24(19-22)14-16-26-30(25)36-32(34-26)29-6-4-18-38(29)2;2*1-2/h9-16,19-20,28-29H,3-6,17-18H2,1-2H3,(H,33,35)(H,34,36);2*1-2H3. The van der Waals surface area contributed by atoms with E-state index in [1.807, 2.05) is 33.9 Å². The number of hydrogen-bond donors (Lipinski definition) is 2. The van der Waals surface area contributed by atoms with Crippen molar-refractivity contribution in [1.82, 2.24) is 29.7 Å². The number of likely N-dealkylation sites (tertiary alicyclic amines) is 2. The molecule has 2 unspecified atom stereocenters. The van der Waals surface area contributed by atoms with Crippen LogP contribution in [-0.4, -0.2) is 56.9 Å². The SMILES string of the molecule is CC.CC.CN1CCCC1c1ncc(-c2ccc(C#Cc3ccc4c(ccc5[nH]c(C6CCCN6C)nc54)c3)cc2)[nH]1. The highest BCUT2D eigenvalue weighted by atomic mass is 15.2. The lowest BCUT2D eigenvalue weighted by atomic mass is 10.1. The van der Waals surface area contributed by atoms with E-state index in [1.165, 1.54) is 30.0 Å². The number of imidazole rings is 2. The van der Waals surface area contributed by atoms with Gasteiger partial charge in [0.25, 0.3) is 0 Å². The zero-order valence-corrected chi connectivity index (χ0v) is 26.0. The van der Waals surface area contributed by atoms with Crippen LogP contribution in [0.5, 0.6) is 0 Å². The molecule has 0 radical (unpaired) electrons. The maximum absolute atomic E-state index is 5.01. The van der Waals surface area contributed by atoms with Crippen molar-refractivity contribution in [3.8, 4) is 23.1 Å². The second-order valence-corrected chi connectivity index (χ2v) is 10.8. The number of aromatic amines is 2. The summed E-state index contributed by atoms with van der Waals surface area (Å²) in [5.74, 6) is 8.83. The highest BCUT2D eigenvalue weighted by Crippen LogP contribution is 2.32. The topological polar surface area (TPSA) is 63.8 Å². The largest absolute Gasteiger partial charge is 0.341 e. The van der Waals surface area contributed by atoms with Crippen molar-refractivity contribution in [2.75, 3.05) is 27.2 Å². The molecule has 5 aromatic rings. The lowest BCUT2D eigenvalue weighted by Gasteiger charge is -2.16. The minimum absolute atomic E-state index is 0.387. The zero-order chi connectivity index (χ0) is 29.6. The van der Waals surface area contributed by atoms with Gasteiger partial charge in [0.05, 0.1) is 35.0 Å². The van der Waals surface area contributed by atoms with E-state index in [0.717, 1.165) is 64.6 Å². The summed E-state index contributed by atoms with van der Waals surface area (Å²) in [6.45, 7) is 10.3. The first-order valence-corrected chi connectivity index (χ1v) is 15.6. The van der Waals surface area contributed by atoms with E-state index in [0.29, 0.717) is 12.1 Å². The van der Waals surface area contributed by atoms with E-state index in [1.54, 1.807) is 0 Å². The number of nitrogens with zero attached hydrogens (tertiary/aromatic N) is 4. The molecule has 2 aliphatic heterocycles. The normalized spacial score (nSPS) is 18.7. The average molecular weight is 561 g/mol. The van der Waals surface area contributed by atoms with Crippen LogP contribution in [0.1, 0.15) is 88.2 Å². The molecule has 6 heteroatoms. The highest BCUT2D eigenvalue weighted by molar-refractivity contribution is 6.04. The minimum atomic E-state index is 0.387. The maximum Gasteiger partial charge on any atom is 0.124 e. The third-order valence-corrected chi connectivity index (χ3v) is 8.30. The molecule has 2 atom stereocenters. The fraction of sp³-hybridized carbons (Fsp3) is 0.389. The molecule has 0 spiro atoms. The molecule has 6 nitrogen and oxygen atoms in total. The summed E-state index contributed by atoms with van der Waals surface area (Å²) in [6, 6.07) is 19.9. The fourth-order valence-corrected chi connectivity index (χ4v) is 6.10. The summed E-state index contributed by atoms with van der Waals surface area (Å²) in [5.41, 5.74) is 6.35. The second-order valence-electron chi connectivity index (χ2n) is 10.8. The van der Waals surface area contributed by atoms with Crippen LogP contribution >= 0.6 is 0 Å². The van der Waals surface area contributed by atoms with Crippen LogP contribution in [0.25, 0.3) is 33.1 Å². The highest BCUT2D eigenvalue weighted by Gasteiger charge is 2.26. The van der Waals surface area contributed by atoms with Crippen LogP contribution in [-0.2, 0) is 0 Å². The van der Waals surface area contributed by atoms with Gasteiger partial charge in [-0.15, -0.1) is 0 Å². The van der Waals surface area contributed by atoms with Gasteiger partial charge in [0.15, 0.2) is 0 Å². The number of aromatic nitrogens is 4. The molecular formula is C36H44N6. The maximum atomic E-state index is 5.01. The van der Waals surface area contributed by atoms with Gasteiger partial charge in [-0.1, -0.05) is 63.8 Å². The van der Waals surface area contributed by atoms with Gasteiger partial charge >= 0.3 is 0 Å². The van der Waals surface area contributed by atoms with Crippen molar-refractivity contribution in [2.45, 2.75) is 65.5 Å². The fourth-order valence-electron chi connectivity index (χ4n) is 6.10. The van der Waals surface area contributed by atoms with Crippen molar-refractivity contribution in [3.63, 3.8) is 0 Å². The molecule has 2 N–H and O–H groups in total. The number of H-pyrrole nitrogens is 2. The van der Waals surface area contributed by atoms with Gasteiger partial charge in [0.1, 0.15) is 11.6 Å². The molecule has 2 aliphatic rings. The lowest BCUT2D eigenvalue weighted by molar-refractivity contribution is 0.307. The minimum Gasteiger partial charge on any atom is -0.341 e. The first kappa shape index (κ1) is 29.6. The second kappa shape index (κ2) is 13.4. The monoisotopic (exact) mass is 560 g/mol. The van der Waals surface area contributed by atoms with Crippen LogP contribution in [0.2, 0.25) is 0 Å². The van der Waals surface area contributed by atoms with Crippen molar-refractivity contribution in [2.24, 2.45) is 0 Å². The predicted octanol–water partition coefficient (Wildman–Crippen LogP) is 8.09. The number of nitrogens with one attached hydrogen (secondary N) is 2. The van der Waals surface area contributed by atoms with Crippen LogP contribution in [0.3, 0.4) is 0 Å². The number of benzene rings is 3. The average Bonchev–Trinajstić information content (AvgIpc) is 3.85. The van der Waals surface area contributed by atoms with Gasteiger partial charge in [0, 0.05) is 16.5 Å². The Bertz CT molecular complexity index is 1680. The quantitative estimate of drug-likeness (QED) is 0.219. The molecule has 0 bridgehead atoms.